The number of benzene rings is 1. The minimum Gasteiger partial charge on any atom is -0.468 e. The highest BCUT2D eigenvalue weighted by Gasteiger charge is 2.53. The van der Waals surface area contributed by atoms with Gasteiger partial charge in [-0.3, -0.25) is 14.6 Å². The zero-order chi connectivity index (χ0) is 18.4. The molecule has 0 saturated heterocycles. The standard InChI is InChI=1S/C17H15F3N2O3/c1-25-16(24)13(17(18,19)20)14(22-12-8-5-9-21-10-12)15(23)11-6-3-2-4-7-11/h2-10,13-14,22H,1H3. The predicted octanol–water partition coefficient (Wildman–Crippen LogP) is 3.10. The van der Waals surface area contributed by atoms with Crippen LogP contribution >= 0.6 is 0 Å². The van der Waals surface area contributed by atoms with Crippen molar-refractivity contribution in [3.05, 3.63) is 60.4 Å². The average Bonchev–Trinajstić information content (AvgIpc) is 2.61. The van der Waals surface area contributed by atoms with E-state index in [1.807, 2.05) is 0 Å². The third kappa shape index (κ3) is 4.56. The Morgan fingerprint density at radius 1 is 1.12 bits per heavy atom. The van der Waals surface area contributed by atoms with E-state index in [1.165, 1.54) is 48.8 Å². The fraction of sp³-hybridized carbons (Fsp3) is 0.235. The first-order chi connectivity index (χ1) is 11.8. The van der Waals surface area contributed by atoms with Gasteiger partial charge in [-0.2, -0.15) is 13.2 Å². The number of rotatable bonds is 6. The van der Waals surface area contributed by atoms with E-state index in [2.05, 4.69) is 15.0 Å². The molecule has 2 unspecified atom stereocenters. The van der Waals surface area contributed by atoms with Crippen molar-refractivity contribution in [2.45, 2.75) is 12.2 Å². The number of hydrogen-bond acceptors (Lipinski definition) is 5. The van der Waals surface area contributed by atoms with E-state index in [0.29, 0.717) is 0 Å². The summed E-state index contributed by atoms with van der Waals surface area (Å²) >= 11 is 0. The van der Waals surface area contributed by atoms with Crippen molar-refractivity contribution in [2.24, 2.45) is 5.92 Å². The minimum atomic E-state index is -4.97. The maximum absolute atomic E-state index is 13.5. The largest absolute Gasteiger partial charge is 0.468 e. The minimum absolute atomic E-state index is 0.0436. The number of halogens is 3. The van der Waals surface area contributed by atoms with Crippen molar-refractivity contribution in [3.63, 3.8) is 0 Å². The van der Waals surface area contributed by atoms with E-state index in [1.54, 1.807) is 6.07 Å². The molecule has 0 aliphatic heterocycles. The number of hydrogen-bond donors (Lipinski definition) is 1. The van der Waals surface area contributed by atoms with Crippen LogP contribution in [0.15, 0.2) is 54.9 Å². The molecule has 0 fully saturated rings. The van der Waals surface area contributed by atoms with Crippen molar-refractivity contribution in [3.8, 4) is 0 Å². The highest BCUT2D eigenvalue weighted by atomic mass is 19.4. The zero-order valence-electron chi connectivity index (χ0n) is 13.2. The summed E-state index contributed by atoms with van der Waals surface area (Å²) in [6.45, 7) is 0. The summed E-state index contributed by atoms with van der Waals surface area (Å²) in [7, 11) is 0.842. The Morgan fingerprint density at radius 2 is 1.80 bits per heavy atom. The summed E-state index contributed by atoms with van der Waals surface area (Å²) < 4.78 is 44.7. The molecule has 0 bridgehead atoms. The van der Waals surface area contributed by atoms with Gasteiger partial charge in [-0.05, 0) is 12.1 Å². The number of ether oxygens (including phenoxy) is 1. The molecule has 8 heteroatoms. The van der Waals surface area contributed by atoms with E-state index in [9.17, 15) is 22.8 Å². The molecule has 2 rings (SSSR count). The Morgan fingerprint density at radius 3 is 2.32 bits per heavy atom. The van der Waals surface area contributed by atoms with Crippen molar-refractivity contribution >= 4 is 17.4 Å². The molecule has 5 nitrogen and oxygen atoms in total. The van der Waals surface area contributed by atoms with Gasteiger partial charge in [-0.1, -0.05) is 30.3 Å². The number of nitrogens with one attached hydrogen (secondary N) is 1. The van der Waals surface area contributed by atoms with Gasteiger partial charge in [-0.25, -0.2) is 0 Å². The number of pyridine rings is 1. The lowest BCUT2D eigenvalue weighted by atomic mass is 9.91. The van der Waals surface area contributed by atoms with Crippen LogP contribution in [0.2, 0.25) is 0 Å². The van der Waals surface area contributed by atoms with Crippen LogP contribution in [0.5, 0.6) is 0 Å². The second-order valence-electron chi connectivity index (χ2n) is 5.14. The van der Waals surface area contributed by atoms with E-state index < -0.39 is 29.9 Å². The number of Topliss-reactive ketones (excluding diaryl/α,β-unsaturated/α-hetero) is 1. The van der Waals surface area contributed by atoms with Crippen molar-refractivity contribution in [1.29, 1.82) is 0 Å². The number of methoxy groups -OCH3 is 1. The molecule has 25 heavy (non-hydrogen) atoms. The fourth-order valence-corrected chi connectivity index (χ4v) is 2.30. The van der Waals surface area contributed by atoms with Gasteiger partial charge in [0.25, 0.3) is 0 Å². The number of esters is 1. The van der Waals surface area contributed by atoms with Crippen LogP contribution in [0.25, 0.3) is 0 Å². The normalized spacial score (nSPS) is 13.6. The van der Waals surface area contributed by atoms with Gasteiger partial charge < -0.3 is 10.1 Å². The Kier molecular flexibility index (Phi) is 5.74. The molecule has 0 saturated carbocycles. The van der Waals surface area contributed by atoms with Gasteiger partial charge in [-0.15, -0.1) is 0 Å². The molecule has 0 radical (unpaired) electrons. The maximum Gasteiger partial charge on any atom is 0.404 e. The van der Waals surface area contributed by atoms with E-state index in [-0.39, 0.29) is 11.3 Å². The van der Waals surface area contributed by atoms with Gasteiger partial charge in [0.2, 0.25) is 0 Å². The molecule has 0 spiro atoms. The Hall–Kier alpha value is -2.90. The quantitative estimate of drug-likeness (QED) is 0.639. The molecule has 2 aromatic rings. The van der Waals surface area contributed by atoms with Gasteiger partial charge >= 0.3 is 12.1 Å². The number of carbonyl (C=O) groups is 2. The lowest BCUT2D eigenvalue weighted by molar-refractivity contribution is -0.196. The molecule has 1 heterocycles. The lowest BCUT2D eigenvalue weighted by Gasteiger charge is -2.27. The molecule has 0 aliphatic carbocycles. The first kappa shape index (κ1) is 18.4. The molecular weight excluding hydrogens is 337 g/mol. The first-order valence-corrected chi connectivity index (χ1v) is 7.25. The third-order valence-electron chi connectivity index (χ3n) is 3.47. The Labute approximate surface area is 141 Å². The molecule has 1 N–H and O–H groups in total. The summed E-state index contributed by atoms with van der Waals surface area (Å²) in [5, 5.41) is 2.47. The van der Waals surface area contributed by atoms with Crippen molar-refractivity contribution in [2.75, 3.05) is 12.4 Å². The lowest BCUT2D eigenvalue weighted by Crippen LogP contribution is -2.49. The van der Waals surface area contributed by atoms with Gasteiger partial charge in [0.05, 0.1) is 12.8 Å². The molecule has 1 aromatic heterocycles. The van der Waals surface area contributed by atoms with Gasteiger partial charge in [0.15, 0.2) is 11.7 Å². The Balaban J connectivity index is 2.46. The average molecular weight is 352 g/mol. The van der Waals surface area contributed by atoms with E-state index in [0.717, 1.165) is 7.11 Å². The summed E-state index contributed by atoms with van der Waals surface area (Å²) in [5.41, 5.74) is 0.219. The van der Waals surface area contributed by atoms with Crippen LogP contribution < -0.4 is 5.32 Å². The molecule has 132 valence electrons. The highest BCUT2D eigenvalue weighted by Crippen LogP contribution is 2.33. The summed E-state index contributed by atoms with van der Waals surface area (Å²) in [6, 6.07) is 8.48. The SMILES string of the molecule is COC(=O)C(C(Nc1cccnc1)C(=O)c1ccccc1)C(F)(F)F. The van der Waals surface area contributed by atoms with Crippen LogP contribution in [0.1, 0.15) is 10.4 Å². The molecule has 0 amide bonds. The number of ketones is 1. The van der Waals surface area contributed by atoms with Crippen molar-refractivity contribution < 1.29 is 27.5 Å². The second kappa shape index (κ2) is 7.78. The Bertz CT molecular complexity index is 721. The number of aromatic nitrogens is 1. The van der Waals surface area contributed by atoms with Crippen molar-refractivity contribution in [1.82, 2.24) is 4.98 Å². The topological polar surface area (TPSA) is 68.3 Å². The zero-order valence-corrected chi connectivity index (χ0v) is 13.2. The number of alkyl halides is 3. The van der Waals surface area contributed by atoms with Gasteiger partial charge in [0.1, 0.15) is 6.04 Å². The van der Waals surface area contributed by atoms with Crippen LogP contribution in [-0.4, -0.2) is 36.1 Å². The van der Waals surface area contributed by atoms with Crippen LogP contribution in [-0.2, 0) is 9.53 Å². The van der Waals surface area contributed by atoms with Crippen LogP contribution in [0.4, 0.5) is 18.9 Å². The molecule has 0 aliphatic rings. The summed E-state index contributed by atoms with van der Waals surface area (Å²) in [5.74, 6) is -5.08. The first-order valence-electron chi connectivity index (χ1n) is 7.25. The summed E-state index contributed by atoms with van der Waals surface area (Å²) in [6.07, 6.45) is -2.28. The number of nitrogens with zero attached hydrogens (tertiary/aromatic N) is 1. The maximum atomic E-state index is 13.5. The monoisotopic (exact) mass is 352 g/mol. The highest BCUT2D eigenvalue weighted by molar-refractivity contribution is 6.04. The van der Waals surface area contributed by atoms with E-state index in [4.69, 9.17) is 0 Å². The number of anilines is 1. The second-order valence-corrected chi connectivity index (χ2v) is 5.14. The fourth-order valence-electron chi connectivity index (χ4n) is 2.30. The predicted molar refractivity (Wildman–Crippen MR) is 84.0 cm³/mol. The van der Waals surface area contributed by atoms with Crippen LogP contribution in [0.3, 0.4) is 0 Å². The van der Waals surface area contributed by atoms with Gasteiger partial charge in [0, 0.05) is 18.0 Å². The van der Waals surface area contributed by atoms with E-state index >= 15 is 0 Å². The smallest absolute Gasteiger partial charge is 0.404 e. The third-order valence-corrected chi connectivity index (χ3v) is 3.47. The van der Waals surface area contributed by atoms with Crippen LogP contribution in [0, 0.1) is 5.92 Å². The summed E-state index contributed by atoms with van der Waals surface area (Å²) in [4.78, 5) is 28.2. The molecule has 2 atom stereocenters. The molecular formula is C17H15F3N2O3. The number of carbonyl (C=O) groups excluding carboxylic acids is 2. The molecule has 1 aromatic carbocycles.